The molecule has 7 nitrogen and oxygen atoms in total. The van der Waals surface area contributed by atoms with Gasteiger partial charge in [0.25, 0.3) is 0 Å². The average Bonchev–Trinajstić information content (AvgIpc) is 2.51. The molecule has 26 heavy (non-hydrogen) atoms. The second kappa shape index (κ2) is 9.34. The number of ether oxygens (including phenoxy) is 1. The van der Waals surface area contributed by atoms with Crippen LogP contribution in [0.25, 0.3) is 0 Å². The summed E-state index contributed by atoms with van der Waals surface area (Å²) in [5, 5.41) is 12.7. The quantitative estimate of drug-likeness (QED) is 0.635. The molecule has 0 aliphatic heterocycles. The van der Waals surface area contributed by atoms with Crippen molar-refractivity contribution in [3.05, 3.63) is 35.9 Å². The summed E-state index contributed by atoms with van der Waals surface area (Å²) in [5.74, 6) is -0.413. The molecule has 1 aromatic carbocycles. The first-order chi connectivity index (χ1) is 11.9. The molecule has 0 saturated carbocycles. The van der Waals surface area contributed by atoms with E-state index in [9.17, 15) is 18.3 Å². The van der Waals surface area contributed by atoms with E-state index in [2.05, 4.69) is 10.0 Å². The number of carbonyl (C=O) groups is 1. The topological polar surface area (TPSA) is 105 Å². The Morgan fingerprint density at radius 1 is 1.19 bits per heavy atom. The van der Waals surface area contributed by atoms with Gasteiger partial charge in [-0.05, 0) is 32.3 Å². The van der Waals surface area contributed by atoms with Gasteiger partial charge >= 0.3 is 6.09 Å². The lowest BCUT2D eigenvalue weighted by molar-refractivity contribution is 0.0497. The van der Waals surface area contributed by atoms with Crippen molar-refractivity contribution in [2.45, 2.75) is 52.4 Å². The van der Waals surface area contributed by atoms with Crippen molar-refractivity contribution in [2.75, 3.05) is 12.3 Å². The third kappa shape index (κ3) is 8.64. The normalized spacial score (nSPS) is 14.7. The summed E-state index contributed by atoms with van der Waals surface area (Å²) in [5.41, 5.74) is -0.0369. The largest absolute Gasteiger partial charge is 0.444 e. The highest BCUT2D eigenvalue weighted by Gasteiger charge is 2.26. The first-order valence-corrected chi connectivity index (χ1v) is 10.2. The van der Waals surface area contributed by atoms with Crippen molar-refractivity contribution in [1.82, 2.24) is 10.0 Å². The molecule has 8 heteroatoms. The van der Waals surface area contributed by atoms with E-state index in [0.29, 0.717) is 5.56 Å². The van der Waals surface area contributed by atoms with Gasteiger partial charge in [0.2, 0.25) is 10.0 Å². The number of hydrogen-bond acceptors (Lipinski definition) is 5. The van der Waals surface area contributed by atoms with Crippen molar-refractivity contribution >= 4 is 16.1 Å². The molecule has 0 saturated heterocycles. The molecule has 0 aliphatic rings. The van der Waals surface area contributed by atoms with Crippen molar-refractivity contribution in [3.8, 4) is 0 Å². The highest BCUT2D eigenvalue weighted by Crippen LogP contribution is 2.12. The smallest absolute Gasteiger partial charge is 0.407 e. The molecule has 3 N–H and O–H groups in total. The second-order valence-electron chi connectivity index (χ2n) is 7.55. The Balaban J connectivity index is 2.64. The van der Waals surface area contributed by atoms with Crippen molar-refractivity contribution in [3.63, 3.8) is 0 Å². The number of benzene rings is 1. The number of sulfonamides is 1. The molecule has 0 radical (unpaired) electrons. The summed E-state index contributed by atoms with van der Waals surface area (Å²) >= 11 is 0. The van der Waals surface area contributed by atoms with Crippen LogP contribution in [0.15, 0.2) is 30.3 Å². The second-order valence-corrected chi connectivity index (χ2v) is 9.40. The standard InChI is InChI=1S/C18H30N2O5S/c1-13(2)15(20-17(22)25-18(3,4)5)12-26(23,24)19-11-16(21)14-9-7-6-8-10-14/h6-10,13,15-16,19,21H,11-12H2,1-5H3,(H,20,22)/t15-,16-/m1/s1. The summed E-state index contributed by atoms with van der Waals surface area (Å²) in [4.78, 5) is 11.9. The molecule has 0 fully saturated rings. The van der Waals surface area contributed by atoms with Crippen LogP contribution in [0.4, 0.5) is 4.79 Å². The lowest BCUT2D eigenvalue weighted by atomic mass is 10.1. The Morgan fingerprint density at radius 3 is 2.27 bits per heavy atom. The first-order valence-electron chi connectivity index (χ1n) is 8.59. The Labute approximate surface area is 156 Å². The Morgan fingerprint density at radius 2 is 1.77 bits per heavy atom. The summed E-state index contributed by atoms with van der Waals surface area (Å²) in [6.45, 7) is 8.71. The van der Waals surface area contributed by atoms with Gasteiger partial charge in [0.15, 0.2) is 0 Å². The van der Waals surface area contributed by atoms with Gasteiger partial charge in [0, 0.05) is 12.6 Å². The number of aliphatic hydroxyl groups excluding tert-OH is 1. The molecule has 0 bridgehead atoms. The number of rotatable bonds is 8. The lowest BCUT2D eigenvalue weighted by Crippen LogP contribution is -2.47. The molecule has 0 spiro atoms. The van der Waals surface area contributed by atoms with Gasteiger partial charge in [-0.2, -0.15) is 0 Å². The zero-order valence-electron chi connectivity index (χ0n) is 16.0. The fraction of sp³-hybridized carbons (Fsp3) is 0.611. The summed E-state index contributed by atoms with van der Waals surface area (Å²) < 4.78 is 32.2. The van der Waals surface area contributed by atoms with Crippen LogP contribution in [0.1, 0.15) is 46.3 Å². The molecule has 0 aliphatic carbocycles. The van der Waals surface area contributed by atoms with Crippen LogP contribution in [-0.4, -0.2) is 43.6 Å². The molecule has 0 aromatic heterocycles. The van der Waals surface area contributed by atoms with Crippen molar-refractivity contribution in [1.29, 1.82) is 0 Å². The Hall–Kier alpha value is -1.64. The molecule has 1 amide bonds. The van der Waals surface area contributed by atoms with E-state index in [1.54, 1.807) is 45.0 Å². The Kier molecular flexibility index (Phi) is 8.05. The number of nitrogens with one attached hydrogen (secondary N) is 2. The predicted octanol–water partition coefficient (Wildman–Crippen LogP) is 2.19. The van der Waals surface area contributed by atoms with Crippen molar-refractivity contribution < 1.29 is 23.1 Å². The van der Waals surface area contributed by atoms with E-state index < -0.39 is 33.9 Å². The maximum absolute atomic E-state index is 12.3. The molecule has 0 heterocycles. The minimum absolute atomic E-state index is 0.113. The van der Waals surface area contributed by atoms with Gasteiger partial charge < -0.3 is 15.2 Å². The maximum Gasteiger partial charge on any atom is 0.407 e. The zero-order chi connectivity index (χ0) is 20.0. The number of hydrogen-bond donors (Lipinski definition) is 3. The molecular weight excluding hydrogens is 356 g/mol. The average molecular weight is 387 g/mol. The van der Waals surface area contributed by atoms with Crippen LogP contribution in [0.2, 0.25) is 0 Å². The third-order valence-electron chi connectivity index (χ3n) is 3.59. The molecule has 0 unspecified atom stereocenters. The fourth-order valence-electron chi connectivity index (χ4n) is 2.15. The third-order valence-corrected chi connectivity index (χ3v) is 4.99. The van der Waals surface area contributed by atoms with Crippen LogP contribution in [0.3, 0.4) is 0 Å². The van der Waals surface area contributed by atoms with E-state index in [-0.39, 0.29) is 18.2 Å². The van der Waals surface area contributed by atoms with Gasteiger partial charge in [-0.15, -0.1) is 0 Å². The van der Waals surface area contributed by atoms with E-state index in [4.69, 9.17) is 4.74 Å². The van der Waals surface area contributed by atoms with Gasteiger partial charge in [-0.3, -0.25) is 0 Å². The highest BCUT2D eigenvalue weighted by molar-refractivity contribution is 7.89. The summed E-state index contributed by atoms with van der Waals surface area (Å²) in [6.07, 6.45) is -1.60. The summed E-state index contributed by atoms with van der Waals surface area (Å²) in [6, 6.07) is 8.19. The SMILES string of the molecule is CC(C)[C@@H](CS(=O)(=O)NC[C@@H](O)c1ccccc1)NC(=O)OC(C)(C)C. The van der Waals surface area contributed by atoms with Crippen LogP contribution >= 0.6 is 0 Å². The monoisotopic (exact) mass is 386 g/mol. The van der Waals surface area contributed by atoms with Gasteiger partial charge in [-0.25, -0.2) is 17.9 Å². The molecule has 1 rings (SSSR count). The zero-order valence-corrected chi connectivity index (χ0v) is 16.8. The number of alkyl carbamates (subject to hydrolysis) is 1. The van der Waals surface area contributed by atoms with E-state index in [1.165, 1.54) is 0 Å². The molecule has 1 aromatic rings. The van der Waals surface area contributed by atoms with Crippen LogP contribution in [0, 0.1) is 5.92 Å². The minimum atomic E-state index is -3.70. The van der Waals surface area contributed by atoms with E-state index >= 15 is 0 Å². The number of aliphatic hydroxyl groups is 1. The number of carbonyl (C=O) groups excluding carboxylic acids is 1. The predicted molar refractivity (Wildman–Crippen MR) is 101 cm³/mol. The Bertz CT molecular complexity index is 669. The summed E-state index contributed by atoms with van der Waals surface area (Å²) in [7, 11) is -3.70. The van der Waals surface area contributed by atoms with Crippen LogP contribution in [0.5, 0.6) is 0 Å². The molecule has 2 atom stereocenters. The lowest BCUT2D eigenvalue weighted by Gasteiger charge is -2.26. The van der Waals surface area contributed by atoms with Crippen LogP contribution in [-0.2, 0) is 14.8 Å². The van der Waals surface area contributed by atoms with E-state index in [1.807, 2.05) is 19.9 Å². The van der Waals surface area contributed by atoms with E-state index in [0.717, 1.165) is 0 Å². The minimum Gasteiger partial charge on any atom is -0.444 e. The van der Waals surface area contributed by atoms with Crippen molar-refractivity contribution in [2.24, 2.45) is 5.92 Å². The van der Waals surface area contributed by atoms with Gasteiger partial charge in [0.05, 0.1) is 11.9 Å². The van der Waals surface area contributed by atoms with Crippen LogP contribution < -0.4 is 10.0 Å². The fourth-order valence-corrected chi connectivity index (χ4v) is 3.62. The molecular formula is C18H30N2O5S. The molecule has 148 valence electrons. The number of amides is 1. The first kappa shape index (κ1) is 22.4. The highest BCUT2D eigenvalue weighted by atomic mass is 32.2. The van der Waals surface area contributed by atoms with Gasteiger partial charge in [-0.1, -0.05) is 44.2 Å². The van der Waals surface area contributed by atoms with Gasteiger partial charge in [0.1, 0.15) is 5.60 Å². The maximum atomic E-state index is 12.3.